The van der Waals surface area contributed by atoms with E-state index in [1.165, 1.54) is 25.2 Å². The largest absolute Gasteiger partial charge is 0.507 e. The Bertz CT molecular complexity index is 1570. The quantitative estimate of drug-likeness (QED) is 0.191. The number of aliphatic hydroxyl groups is 1. The summed E-state index contributed by atoms with van der Waals surface area (Å²) < 4.78 is 10.7. The highest BCUT2D eigenvalue weighted by Gasteiger charge is 2.47. The van der Waals surface area contributed by atoms with Crippen LogP contribution in [0.5, 0.6) is 11.5 Å². The van der Waals surface area contributed by atoms with Crippen LogP contribution in [0.2, 0.25) is 10.0 Å². The van der Waals surface area contributed by atoms with Gasteiger partial charge in [-0.3, -0.25) is 14.6 Å². The van der Waals surface area contributed by atoms with Crippen molar-refractivity contribution in [1.82, 2.24) is 14.9 Å². The predicted molar refractivity (Wildman–Crippen MR) is 140 cm³/mol. The molecule has 4 aromatic rings. The highest BCUT2D eigenvalue weighted by atomic mass is 35.5. The van der Waals surface area contributed by atoms with Crippen LogP contribution in [-0.2, 0) is 16.1 Å². The number of nitrogens with zero attached hydrogens (tertiary/aromatic N) is 2. The van der Waals surface area contributed by atoms with Crippen molar-refractivity contribution in [3.05, 3.63) is 93.4 Å². The van der Waals surface area contributed by atoms with Gasteiger partial charge in [-0.2, -0.15) is 0 Å². The first-order valence-corrected chi connectivity index (χ1v) is 12.0. The Morgan fingerprint density at radius 1 is 1.08 bits per heavy atom. The number of aliphatic hydroxyl groups excluding tert-OH is 1. The molecule has 0 spiro atoms. The van der Waals surface area contributed by atoms with E-state index < -0.39 is 23.5 Å². The lowest BCUT2D eigenvalue weighted by molar-refractivity contribution is -0.140. The molecule has 5 rings (SSSR count). The first-order chi connectivity index (χ1) is 17.9. The van der Waals surface area contributed by atoms with Gasteiger partial charge in [-0.25, -0.2) is 0 Å². The van der Waals surface area contributed by atoms with Crippen molar-refractivity contribution in [3.63, 3.8) is 0 Å². The van der Waals surface area contributed by atoms with E-state index in [-0.39, 0.29) is 39.2 Å². The summed E-state index contributed by atoms with van der Waals surface area (Å²) in [5, 5.41) is 12.5. The number of fused-ring (bicyclic) bond motifs is 1. The number of pyridine rings is 1. The van der Waals surface area contributed by atoms with Crippen LogP contribution in [0.1, 0.15) is 22.7 Å². The van der Waals surface area contributed by atoms with Crippen LogP contribution in [0.25, 0.3) is 16.7 Å². The lowest BCUT2D eigenvalue weighted by atomic mass is 9.94. The molecule has 188 valence electrons. The summed E-state index contributed by atoms with van der Waals surface area (Å²) in [6.07, 6.45) is 4.96. The Morgan fingerprint density at radius 2 is 1.78 bits per heavy atom. The number of ether oxygens (including phenoxy) is 2. The molecule has 2 N–H and O–H groups in total. The summed E-state index contributed by atoms with van der Waals surface area (Å²) in [5.41, 5.74) is 2.19. The minimum atomic E-state index is -0.909. The Hall–Kier alpha value is -4.01. The van der Waals surface area contributed by atoms with E-state index in [2.05, 4.69) is 9.97 Å². The van der Waals surface area contributed by atoms with E-state index in [9.17, 15) is 14.7 Å². The second-order valence-corrected chi connectivity index (χ2v) is 9.14. The van der Waals surface area contributed by atoms with E-state index in [4.69, 9.17) is 32.7 Å². The van der Waals surface area contributed by atoms with Crippen LogP contribution in [-0.4, -0.2) is 45.9 Å². The minimum Gasteiger partial charge on any atom is -0.507 e. The SMILES string of the molecule is COc1c(Cl)cc(/C(O)=C2\C(=O)C(=O)N(Cc3ccncc3)C2c2c[nH]c3ccccc23)c(OC)c1Cl. The lowest BCUT2D eigenvalue weighted by Gasteiger charge is -2.25. The number of benzene rings is 2. The maximum Gasteiger partial charge on any atom is 0.295 e. The van der Waals surface area contributed by atoms with Gasteiger partial charge in [0.05, 0.1) is 36.4 Å². The zero-order chi connectivity index (χ0) is 26.3. The molecule has 1 atom stereocenters. The summed E-state index contributed by atoms with van der Waals surface area (Å²) >= 11 is 12.8. The molecule has 0 bridgehead atoms. The molecule has 2 aromatic carbocycles. The molecule has 2 aromatic heterocycles. The molecule has 8 nitrogen and oxygen atoms in total. The van der Waals surface area contributed by atoms with Crippen molar-refractivity contribution in [3.8, 4) is 11.5 Å². The van der Waals surface area contributed by atoms with Crippen LogP contribution in [0.15, 0.2) is 66.6 Å². The Balaban J connectivity index is 1.76. The van der Waals surface area contributed by atoms with E-state index in [1.807, 2.05) is 24.3 Å². The number of carbonyl (C=O) groups excluding carboxylic acids is 2. The zero-order valence-corrected chi connectivity index (χ0v) is 21.3. The molecule has 37 heavy (non-hydrogen) atoms. The van der Waals surface area contributed by atoms with Gasteiger partial charge in [0, 0.05) is 41.6 Å². The van der Waals surface area contributed by atoms with Crippen molar-refractivity contribution < 1.29 is 24.2 Å². The second-order valence-electron chi connectivity index (χ2n) is 8.36. The molecule has 3 heterocycles. The fraction of sp³-hybridized carbons (Fsp3) is 0.148. The standard InChI is InChI=1S/C27H21Cl2N3O5/c1-36-25-16(11-18(28)26(37-2)21(25)29)23(33)20-22(17-12-31-19-6-4-3-5-15(17)19)32(27(35)24(20)34)13-14-7-9-30-10-8-14/h3-12,22,31,33H,13H2,1-2H3/b23-20+. The summed E-state index contributed by atoms with van der Waals surface area (Å²) in [4.78, 5) is 35.5. The number of amides is 1. The fourth-order valence-electron chi connectivity index (χ4n) is 4.66. The van der Waals surface area contributed by atoms with Gasteiger partial charge in [0.15, 0.2) is 11.5 Å². The summed E-state index contributed by atoms with van der Waals surface area (Å²) in [7, 11) is 2.76. The summed E-state index contributed by atoms with van der Waals surface area (Å²) in [6, 6.07) is 11.5. The van der Waals surface area contributed by atoms with Gasteiger partial charge in [-0.05, 0) is 29.8 Å². The Morgan fingerprint density at radius 3 is 2.49 bits per heavy atom. The first-order valence-electron chi connectivity index (χ1n) is 11.2. The highest BCUT2D eigenvalue weighted by Crippen LogP contribution is 2.48. The molecule has 1 unspecified atom stereocenters. The van der Waals surface area contributed by atoms with Gasteiger partial charge in [0.2, 0.25) is 0 Å². The summed E-state index contributed by atoms with van der Waals surface area (Å²) in [5.74, 6) is -1.85. The van der Waals surface area contributed by atoms with Crippen LogP contribution in [0.4, 0.5) is 0 Å². The third-order valence-corrected chi connectivity index (χ3v) is 6.98. The monoisotopic (exact) mass is 537 g/mol. The molecule has 1 saturated heterocycles. The fourth-order valence-corrected chi connectivity index (χ4v) is 5.35. The van der Waals surface area contributed by atoms with Gasteiger partial charge < -0.3 is 24.5 Å². The maximum absolute atomic E-state index is 13.5. The van der Waals surface area contributed by atoms with Gasteiger partial charge in [-0.1, -0.05) is 41.4 Å². The van der Waals surface area contributed by atoms with Crippen LogP contribution in [0, 0.1) is 0 Å². The average Bonchev–Trinajstić information content (AvgIpc) is 3.43. The van der Waals surface area contributed by atoms with Crippen LogP contribution in [0.3, 0.4) is 0 Å². The number of likely N-dealkylation sites (tertiary alicyclic amines) is 1. The first kappa shape index (κ1) is 24.7. The van der Waals surface area contributed by atoms with Crippen molar-refractivity contribution in [2.24, 2.45) is 0 Å². The number of aromatic nitrogens is 2. The van der Waals surface area contributed by atoms with Crippen LogP contribution < -0.4 is 9.47 Å². The van der Waals surface area contributed by atoms with Crippen molar-refractivity contribution in [2.75, 3.05) is 14.2 Å². The number of halogens is 2. The van der Waals surface area contributed by atoms with E-state index in [0.717, 1.165) is 16.5 Å². The molecule has 1 aliphatic rings. The van der Waals surface area contributed by atoms with Gasteiger partial charge in [-0.15, -0.1) is 0 Å². The molecule has 1 aliphatic heterocycles. The number of ketones is 1. The average molecular weight is 538 g/mol. The topological polar surface area (TPSA) is 105 Å². The number of aromatic amines is 1. The maximum atomic E-state index is 13.5. The lowest BCUT2D eigenvalue weighted by Crippen LogP contribution is -2.29. The third kappa shape index (κ3) is 4.08. The molecule has 0 aliphatic carbocycles. The number of para-hydroxylation sites is 1. The predicted octanol–water partition coefficient (Wildman–Crippen LogP) is 5.51. The smallest absolute Gasteiger partial charge is 0.295 e. The third-order valence-electron chi connectivity index (χ3n) is 6.35. The molecule has 1 fully saturated rings. The molecule has 1 amide bonds. The number of Topliss-reactive ketones (excluding diaryl/α,β-unsaturated/α-hetero) is 1. The van der Waals surface area contributed by atoms with Crippen molar-refractivity contribution in [1.29, 1.82) is 0 Å². The molecular weight excluding hydrogens is 517 g/mol. The van der Waals surface area contributed by atoms with Gasteiger partial charge in [0.1, 0.15) is 10.8 Å². The second kappa shape index (κ2) is 9.80. The number of nitrogens with one attached hydrogen (secondary N) is 1. The number of H-pyrrole nitrogens is 1. The van der Waals surface area contributed by atoms with Crippen molar-refractivity contribution in [2.45, 2.75) is 12.6 Å². The normalized spacial score (nSPS) is 17.0. The zero-order valence-electron chi connectivity index (χ0n) is 19.8. The van der Waals surface area contributed by atoms with Gasteiger partial charge in [0.25, 0.3) is 11.7 Å². The molecule has 10 heteroatoms. The Kier molecular flexibility index (Phi) is 6.54. The molecular formula is C27H21Cl2N3O5. The summed E-state index contributed by atoms with van der Waals surface area (Å²) in [6.45, 7) is 0.120. The van der Waals surface area contributed by atoms with E-state index in [0.29, 0.717) is 5.56 Å². The number of rotatable bonds is 6. The number of methoxy groups -OCH3 is 2. The minimum absolute atomic E-state index is 0.0220. The van der Waals surface area contributed by atoms with Crippen molar-refractivity contribution >= 4 is 51.6 Å². The van der Waals surface area contributed by atoms with Gasteiger partial charge >= 0.3 is 0 Å². The number of carbonyl (C=O) groups is 2. The van der Waals surface area contributed by atoms with E-state index >= 15 is 0 Å². The number of hydrogen-bond acceptors (Lipinski definition) is 6. The molecule has 0 saturated carbocycles. The Labute approximate surface area is 222 Å². The highest BCUT2D eigenvalue weighted by molar-refractivity contribution is 6.47. The number of hydrogen-bond donors (Lipinski definition) is 2. The molecule has 0 radical (unpaired) electrons. The van der Waals surface area contributed by atoms with E-state index in [1.54, 1.807) is 30.7 Å². The van der Waals surface area contributed by atoms with Crippen LogP contribution >= 0.6 is 23.2 Å².